The number of thiazole rings is 1. The molecule has 0 radical (unpaired) electrons. The molecular formula is C32H31ClN2O6S. The first kappa shape index (κ1) is 29.4. The Morgan fingerprint density at radius 2 is 1.76 bits per heavy atom. The molecule has 10 heteroatoms. The molecule has 0 spiro atoms. The number of methoxy groups -OCH3 is 1. The number of amides is 1. The molecule has 4 aromatic rings. The van der Waals surface area contributed by atoms with Gasteiger partial charge in [0.15, 0.2) is 16.6 Å². The lowest BCUT2D eigenvalue weighted by atomic mass is 9.95. The lowest BCUT2D eigenvalue weighted by Gasteiger charge is -2.24. The molecule has 0 saturated carbocycles. The monoisotopic (exact) mass is 606 g/mol. The Hall–Kier alpha value is -4.08. The largest absolute Gasteiger partial charge is 0.507 e. The maximum atomic E-state index is 13.6. The van der Waals surface area contributed by atoms with Gasteiger partial charge in [-0.3, -0.25) is 14.5 Å². The molecule has 1 amide bonds. The first-order valence-corrected chi connectivity index (χ1v) is 15.0. The molecule has 3 aromatic carbocycles. The molecule has 42 heavy (non-hydrogen) atoms. The molecule has 1 aliphatic rings. The van der Waals surface area contributed by atoms with Gasteiger partial charge < -0.3 is 19.3 Å². The summed E-state index contributed by atoms with van der Waals surface area (Å²) in [6.07, 6.45) is 2.72. The maximum Gasteiger partial charge on any atom is 0.301 e. The number of fused-ring (bicyclic) bond motifs is 1. The number of benzene rings is 3. The minimum atomic E-state index is -0.976. The van der Waals surface area contributed by atoms with E-state index in [-0.39, 0.29) is 11.3 Å². The van der Waals surface area contributed by atoms with Crippen molar-refractivity contribution in [3.63, 3.8) is 0 Å². The van der Waals surface area contributed by atoms with Gasteiger partial charge in [0.2, 0.25) is 0 Å². The number of ketones is 1. The minimum Gasteiger partial charge on any atom is -0.507 e. The zero-order valence-corrected chi connectivity index (χ0v) is 25.1. The summed E-state index contributed by atoms with van der Waals surface area (Å²) in [5, 5.41) is 12.4. The number of unbranched alkanes of at least 4 members (excludes halogenated alkanes) is 1. The van der Waals surface area contributed by atoms with E-state index in [1.54, 1.807) is 60.7 Å². The van der Waals surface area contributed by atoms with E-state index in [1.165, 1.54) is 23.3 Å². The average molecular weight is 607 g/mol. The van der Waals surface area contributed by atoms with Crippen molar-refractivity contribution in [2.75, 3.05) is 25.2 Å². The van der Waals surface area contributed by atoms with Crippen LogP contribution in [0.1, 0.15) is 50.3 Å². The van der Waals surface area contributed by atoms with Crippen LogP contribution in [0.25, 0.3) is 16.0 Å². The molecule has 8 nitrogen and oxygen atoms in total. The van der Waals surface area contributed by atoms with Crippen LogP contribution in [-0.2, 0) is 9.59 Å². The summed E-state index contributed by atoms with van der Waals surface area (Å²) in [4.78, 5) is 33.3. The van der Waals surface area contributed by atoms with E-state index in [0.29, 0.717) is 57.3 Å². The number of ether oxygens (including phenoxy) is 3. The third-order valence-corrected chi connectivity index (χ3v) is 8.10. The van der Waals surface area contributed by atoms with E-state index in [1.807, 2.05) is 6.92 Å². The normalized spacial score (nSPS) is 16.3. The summed E-state index contributed by atoms with van der Waals surface area (Å²) in [7, 11) is 1.53. The van der Waals surface area contributed by atoms with Crippen LogP contribution in [0, 0.1) is 0 Å². The van der Waals surface area contributed by atoms with Crippen LogP contribution in [0.15, 0.2) is 66.2 Å². The number of aliphatic hydroxyl groups excluding tert-OH is 1. The highest BCUT2D eigenvalue weighted by Crippen LogP contribution is 2.46. The van der Waals surface area contributed by atoms with E-state index in [4.69, 9.17) is 25.8 Å². The van der Waals surface area contributed by atoms with Crippen LogP contribution in [0.5, 0.6) is 17.2 Å². The number of halogens is 1. The molecule has 1 aliphatic heterocycles. The van der Waals surface area contributed by atoms with Crippen molar-refractivity contribution >= 4 is 55.7 Å². The number of hydrogen-bond donors (Lipinski definition) is 1. The fourth-order valence-electron chi connectivity index (χ4n) is 4.72. The summed E-state index contributed by atoms with van der Waals surface area (Å²) in [6, 6.07) is 16.3. The quantitative estimate of drug-likeness (QED) is 0.0814. The molecule has 0 bridgehead atoms. The number of anilines is 1. The molecule has 1 atom stereocenters. The number of carbonyl (C=O) groups excluding carboxylic acids is 2. The number of rotatable bonds is 11. The van der Waals surface area contributed by atoms with Crippen LogP contribution in [0.2, 0.25) is 5.02 Å². The molecule has 2 heterocycles. The highest BCUT2D eigenvalue weighted by Gasteiger charge is 2.48. The topological polar surface area (TPSA) is 98.2 Å². The second-order valence-corrected chi connectivity index (χ2v) is 11.2. The van der Waals surface area contributed by atoms with Crippen molar-refractivity contribution < 1.29 is 28.9 Å². The third-order valence-electron chi connectivity index (χ3n) is 6.85. The summed E-state index contributed by atoms with van der Waals surface area (Å²) >= 11 is 7.44. The fraction of sp³-hybridized carbons (Fsp3) is 0.281. The van der Waals surface area contributed by atoms with Crippen molar-refractivity contribution in [2.45, 2.75) is 39.2 Å². The molecule has 1 aromatic heterocycles. The highest BCUT2D eigenvalue weighted by atomic mass is 35.5. The molecule has 218 valence electrons. The van der Waals surface area contributed by atoms with Crippen LogP contribution in [0.4, 0.5) is 5.13 Å². The predicted molar refractivity (Wildman–Crippen MR) is 165 cm³/mol. The first-order chi connectivity index (χ1) is 20.4. The molecule has 1 unspecified atom stereocenters. The van der Waals surface area contributed by atoms with Crippen LogP contribution in [-0.4, -0.2) is 42.1 Å². The van der Waals surface area contributed by atoms with Gasteiger partial charge in [-0.25, -0.2) is 4.98 Å². The standard InChI is InChI=1S/C32H31ClN2O6S/c1-4-6-16-41-24-14-9-20(17-25(24)39-3)28-27(29(36)19-7-11-22(12-8-19)40-15-5-2)30(37)31(38)35(28)32-34-23-13-10-21(33)18-26(23)42-32/h7-14,17-18,28,36H,4-6,15-16H2,1-3H3. The number of nitrogens with zero attached hydrogens (tertiary/aromatic N) is 2. The van der Waals surface area contributed by atoms with E-state index in [2.05, 4.69) is 11.9 Å². The lowest BCUT2D eigenvalue weighted by molar-refractivity contribution is -0.132. The maximum absolute atomic E-state index is 13.6. The Labute approximate surface area is 253 Å². The van der Waals surface area contributed by atoms with E-state index in [9.17, 15) is 14.7 Å². The van der Waals surface area contributed by atoms with Gasteiger partial charge >= 0.3 is 5.91 Å². The number of Topliss-reactive ketones (excluding diaryl/α,β-unsaturated/α-hetero) is 1. The molecule has 0 aliphatic carbocycles. The van der Waals surface area contributed by atoms with Crippen molar-refractivity contribution in [1.29, 1.82) is 0 Å². The van der Waals surface area contributed by atoms with Crippen molar-refractivity contribution in [3.05, 3.63) is 82.4 Å². The van der Waals surface area contributed by atoms with Crippen LogP contribution < -0.4 is 19.1 Å². The lowest BCUT2D eigenvalue weighted by Crippen LogP contribution is -2.29. The molecule has 1 N–H and O–H groups in total. The van der Waals surface area contributed by atoms with Gasteiger partial charge in [-0.1, -0.05) is 49.3 Å². The Balaban J connectivity index is 1.64. The van der Waals surface area contributed by atoms with Gasteiger partial charge in [0.05, 0.1) is 42.2 Å². The van der Waals surface area contributed by atoms with Crippen molar-refractivity contribution in [1.82, 2.24) is 4.98 Å². The van der Waals surface area contributed by atoms with E-state index in [0.717, 1.165) is 24.0 Å². The summed E-state index contributed by atoms with van der Waals surface area (Å²) in [5.74, 6) is -0.275. The van der Waals surface area contributed by atoms with Gasteiger partial charge in [0, 0.05) is 10.6 Å². The van der Waals surface area contributed by atoms with Gasteiger partial charge in [-0.2, -0.15) is 0 Å². The van der Waals surface area contributed by atoms with Gasteiger partial charge in [-0.15, -0.1) is 0 Å². The zero-order chi connectivity index (χ0) is 29.8. The first-order valence-electron chi connectivity index (χ1n) is 13.8. The minimum absolute atomic E-state index is 0.0544. The second kappa shape index (κ2) is 12.8. The Kier molecular flexibility index (Phi) is 8.99. The summed E-state index contributed by atoms with van der Waals surface area (Å²) in [5.41, 5.74) is 1.52. The van der Waals surface area contributed by atoms with E-state index >= 15 is 0 Å². The summed E-state index contributed by atoms with van der Waals surface area (Å²) < 4.78 is 18.0. The van der Waals surface area contributed by atoms with Crippen molar-refractivity contribution in [3.8, 4) is 17.2 Å². The molecule has 1 fully saturated rings. The highest BCUT2D eigenvalue weighted by molar-refractivity contribution is 7.22. The van der Waals surface area contributed by atoms with E-state index < -0.39 is 17.7 Å². The second-order valence-electron chi connectivity index (χ2n) is 9.76. The number of aliphatic hydroxyl groups is 1. The van der Waals surface area contributed by atoms with Crippen LogP contribution >= 0.6 is 22.9 Å². The third kappa shape index (κ3) is 5.80. The molecular weight excluding hydrogens is 576 g/mol. The zero-order valence-electron chi connectivity index (χ0n) is 23.6. The molecule has 5 rings (SSSR count). The number of hydrogen-bond acceptors (Lipinski definition) is 8. The van der Waals surface area contributed by atoms with Crippen molar-refractivity contribution in [2.24, 2.45) is 0 Å². The van der Waals surface area contributed by atoms with Crippen LogP contribution in [0.3, 0.4) is 0 Å². The average Bonchev–Trinajstić information content (AvgIpc) is 3.53. The Morgan fingerprint density at radius 1 is 0.976 bits per heavy atom. The van der Waals surface area contributed by atoms with Gasteiger partial charge in [0.25, 0.3) is 5.78 Å². The fourth-order valence-corrected chi connectivity index (χ4v) is 5.99. The number of carbonyl (C=O) groups is 2. The predicted octanol–water partition coefficient (Wildman–Crippen LogP) is 7.55. The van der Waals surface area contributed by atoms with Gasteiger partial charge in [-0.05, 0) is 73.0 Å². The summed E-state index contributed by atoms with van der Waals surface area (Å²) in [6.45, 7) is 5.17. The number of aromatic nitrogens is 1. The smallest absolute Gasteiger partial charge is 0.301 e. The Morgan fingerprint density at radius 3 is 2.48 bits per heavy atom. The Bertz CT molecular complexity index is 1650. The SMILES string of the molecule is CCCCOc1ccc(C2C(=C(O)c3ccc(OCCC)cc3)C(=O)C(=O)N2c2nc3ccc(Cl)cc3s2)cc1OC. The van der Waals surface area contributed by atoms with Gasteiger partial charge in [0.1, 0.15) is 11.5 Å². The molecule has 1 saturated heterocycles.